The van der Waals surface area contributed by atoms with Gasteiger partial charge in [0.1, 0.15) is 0 Å². The van der Waals surface area contributed by atoms with Crippen LogP contribution in [-0.2, 0) is 9.59 Å². The molecule has 0 aromatic carbocycles. The Bertz CT molecular complexity index is 285. The maximum atomic E-state index is 11.6. The van der Waals surface area contributed by atoms with Crippen LogP contribution in [0.4, 0.5) is 0 Å². The molecular formula is C12H24N2O4. The summed E-state index contributed by atoms with van der Waals surface area (Å²) in [6.45, 7) is 6.13. The maximum absolute atomic E-state index is 11.6. The lowest BCUT2D eigenvalue weighted by atomic mass is 9.95. The molecule has 0 unspecified atom stereocenters. The summed E-state index contributed by atoms with van der Waals surface area (Å²) in [6, 6.07) is 0. The molecule has 0 atom stereocenters. The topological polar surface area (TPSA) is 98.7 Å². The van der Waals surface area contributed by atoms with Gasteiger partial charge in [-0.25, -0.2) is 0 Å². The molecule has 2 amide bonds. The fourth-order valence-corrected chi connectivity index (χ4v) is 1.21. The van der Waals surface area contributed by atoms with E-state index in [-0.39, 0.29) is 25.7 Å². The van der Waals surface area contributed by atoms with Gasteiger partial charge in [0, 0.05) is 5.41 Å². The van der Waals surface area contributed by atoms with Crippen molar-refractivity contribution in [2.24, 2.45) is 5.41 Å². The molecule has 6 heteroatoms. The van der Waals surface area contributed by atoms with E-state index in [1.54, 1.807) is 27.7 Å². The first-order valence-corrected chi connectivity index (χ1v) is 6.02. The highest BCUT2D eigenvalue weighted by Gasteiger charge is 2.29. The average molecular weight is 260 g/mol. The summed E-state index contributed by atoms with van der Waals surface area (Å²) in [5, 5.41) is 23.4. The van der Waals surface area contributed by atoms with E-state index in [0.717, 1.165) is 0 Å². The number of aliphatic hydroxyl groups excluding tert-OH is 2. The number of hydrogen-bond donors (Lipinski definition) is 4. The molecule has 0 aliphatic carbocycles. The Labute approximate surface area is 108 Å². The Balaban J connectivity index is 4.32. The third-order valence-corrected chi connectivity index (χ3v) is 2.78. The van der Waals surface area contributed by atoms with Crippen LogP contribution in [0.3, 0.4) is 0 Å². The van der Waals surface area contributed by atoms with Gasteiger partial charge in [-0.3, -0.25) is 9.59 Å². The minimum Gasteiger partial charge on any atom is -0.394 e. The van der Waals surface area contributed by atoms with E-state index >= 15 is 0 Å². The SMILES string of the molecule is CCC(CO)(CO)NC(=O)CNC(=O)C(C)(C)C. The minimum atomic E-state index is -1.02. The normalized spacial score (nSPS) is 12.1. The molecule has 0 aliphatic rings. The smallest absolute Gasteiger partial charge is 0.239 e. The second kappa shape index (κ2) is 6.70. The van der Waals surface area contributed by atoms with Crippen molar-refractivity contribution in [3.05, 3.63) is 0 Å². The van der Waals surface area contributed by atoms with Crippen LogP contribution in [0.1, 0.15) is 34.1 Å². The van der Waals surface area contributed by atoms with Crippen molar-refractivity contribution >= 4 is 11.8 Å². The van der Waals surface area contributed by atoms with E-state index in [1.165, 1.54) is 0 Å². The molecule has 0 fully saturated rings. The standard InChI is InChI=1S/C12H24N2O4/c1-5-12(7-15,8-16)14-9(17)6-13-10(18)11(2,3)4/h15-16H,5-8H2,1-4H3,(H,13,18)(H,14,17). The summed E-state index contributed by atoms with van der Waals surface area (Å²) < 4.78 is 0. The minimum absolute atomic E-state index is 0.169. The molecule has 0 saturated carbocycles. The van der Waals surface area contributed by atoms with Gasteiger partial charge in [-0.05, 0) is 6.42 Å². The van der Waals surface area contributed by atoms with Crippen LogP contribution >= 0.6 is 0 Å². The van der Waals surface area contributed by atoms with E-state index in [9.17, 15) is 19.8 Å². The molecule has 0 saturated heterocycles. The van der Waals surface area contributed by atoms with E-state index in [0.29, 0.717) is 6.42 Å². The highest BCUT2D eigenvalue weighted by molar-refractivity contribution is 5.87. The van der Waals surface area contributed by atoms with E-state index in [2.05, 4.69) is 10.6 Å². The Morgan fingerprint density at radius 3 is 1.94 bits per heavy atom. The third kappa shape index (κ3) is 5.01. The Morgan fingerprint density at radius 1 is 1.11 bits per heavy atom. The van der Waals surface area contributed by atoms with Gasteiger partial charge in [0.25, 0.3) is 0 Å². The lowest BCUT2D eigenvalue weighted by Gasteiger charge is -2.30. The largest absolute Gasteiger partial charge is 0.394 e. The van der Waals surface area contributed by atoms with E-state index < -0.39 is 16.9 Å². The number of aliphatic hydroxyl groups is 2. The van der Waals surface area contributed by atoms with E-state index in [1.807, 2.05) is 0 Å². The van der Waals surface area contributed by atoms with Crippen molar-refractivity contribution in [3.8, 4) is 0 Å². The van der Waals surface area contributed by atoms with Crippen LogP contribution in [0.2, 0.25) is 0 Å². The van der Waals surface area contributed by atoms with Crippen LogP contribution in [0.5, 0.6) is 0 Å². The maximum Gasteiger partial charge on any atom is 0.239 e. The first-order valence-electron chi connectivity index (χ1n) is 6.02. The van der Waals surface area contributed by atoms with Crippen LogP contribution in [0.15, 0.2) is 0 Å². The lowest BCUT2D eigenvalue weighted by Crippen LogP contribution is -2.56. The summed E-state index contributed by atoms with van der Waals surface area (Å²) in [4.78, 5) is 23.2. The zero-order chi connectivity index (χ0) is 14.4. The first-order chi connectivity index (χ1) is 8.20. The Hall–Kier alpha value is -1.14. The molecule has 0 bridgehead atoms. The zero-order valence-corrected chi connectivity index (χ0v) is 11.5. The molecular weight excluding hydrogens is 236 g/mol. The number of carbonyl (C=O) groups excluding carboxylic acids is 2. The molecule has 0 rings (SSSR count). The van der Waals surface area contributed by atoms with Gasteiger partial charge < -0.3 is 20.8 Å². The van der Waals surface area contributed by atoms with Crippen LogP contribution < -0.4 is 10.6 Å². The van der Waals surface area contributed by atoms with Crippen molar-refractivity contribution in [2.75, 3.05) is 19.8 Å². The molecule has 4 N–H and O–H groups in total. The third-order valence-electron chi connectivity index (χ3n) is 2.78. The second-order valence-corrected chi connectivity index (χ2v) is 5.43. The van der Waals surface area contributed by atoms with Gasteiger partial charge >= 0.3 is 0 Å². The second-order valence-electron chi connectivity index (χ2n) is 5.43. The van der Waals surface area contributed by atoms with Crippen LogP contribution in [0.25, 0.3) is 0 Å². The zero-order valence-electron chi connectivity index (χ0n) is 11.5. The molecule has 0 aliphatic heterocycles. The quantitative estimate of drug-likeness (QED) is 0.512. The predicted molar refractivity (Wildman–Crippen MR) is 67.8 cm³/mol. The number of rotatable bonds is 6. The molecule has 0 aromatic heterocycles. The summed E-state index contributed by atoms with van der Waals surface area (Å²) in [5.74, 6) is -0.662. The van der Waals surface area contributed by atoms with Gasteiger partial charge in [-0.1, -0.05) is 27.7 Å². The summed E-state index contributed by atoms with van der Waals surface area (Å²) in [6.07, 6.45) is 0.402. The summed E-state index contributed by atoms with van der Waals surface area (Å²) >= 11 is 0. The highest BCUT2D eigenvalue weighted by Crippen LogP contribution is 2.12. The molecule has 18 heavy (non-hydrogen) atoms. The van der Waals surface area contributed by atoms with Crippen LogP contribution in [-0.4, -0.2) is 47.3 Å². The van der Waals surface area contributed by atoms with Crippen molar-refractivity contribution in [2.45, 2.75) is 39.7 Å². The Kier molecular flexibility index (Phi) is 6.28. The van der Waals surface area contributed by atoms with Crippen LogP contribution in [0, 0.1) is 5.41 Å². The monoisotopic (exact) mass is 260 g/mol. The van der Waals surface area contributed by atoms with Gasteiger partial charge in [0.15, 0.2) is 0 Å². The van der Waals surface area contributed by atoms with Crippen molar-refractivity contribution in [1.29, 1.82) is 0 Å². The molecule has 0 heterocycles. The average Bonchev–Trinajstić information content (AvgIpc) is 2.32. The number of amides is 2. The van der Waals surface area contributed by atoms with Crippen molar-refractivity contribution < 1.29 is 19.8 Å². The molecule has 106 valence electrons. The molecule has 0 spiro atoms. The van der Waals surface area contributed by atoms with Gasteiger partial charge in [-0.15, -0.1) is 0 Å². The van der Waals surface area contributed by atoms with Gasteiger partial charge in [0.2, 0.25) is 11.8 Å². The van der Waals surface area contributed by atoms with E-state index in [4.69, 9.17) is 0 Å². The Morgan fingerprint density at radius 2 is 1.61 bits per heavy atom. The lowest BCUT2D eigenvalue weighted by molar-refractivity contribution is -0.132. The highest BCUT2D eigenvalue weighted by atomic mass is 16.3. The van der Waals surface area contributed by atoms with Gasteiger partial charge in [0.05, 0.1) is 25.3 Å². The summed E-state index contributed by atoms with van der Waals surface area (Å²) in [7, 11) is 0. The van der Waals surface area contributed by atoms with Crippen molar-refractivity contribution in [3.63, 3.8) is 0 Å². The first kappa shape index (κ1) is 16.9. The fourth-order valence-electron chi connectivity index (χ4n) is 1.21. The number of hydrogen-bond acceptors (Lipinski definition) is 4. The molecule has 0 radical (unpaired) electrons. The fraction of sp³-hybridized carbons (Fsp3) is 0.833. The number of carbonyl (C=O) groups is 2. The summed E-state index contributed by atoms with van der Waals surface area (Å²) in [5.41, 5.74) is -1.58. The molecule has 6 nitrogen and oxygen atoms in total. The molecule has 0 aromatic rings. The number of nitrogens with one attached hydrogen (secondary N) is 2. The van der Waals surface area contributed by atoms with Gasteiger partial charge in [-0.2, -0.15) is 0 Å². The predicted octanol–water partition coefficient (Wildman–Crippen LogP) is -0.602. The van der Waals surface area contributed by atoms with Crippen molar-refractivity contribution in [1.82, 2.24) is 10.6 Å².